The van der Waals surface area contributed by atoms with E-state index in [2.05, 4.69) is 24.0 Å². The minimum Gasteiger partial charge on any atom is -0.481 e. The van der Waals surface area contributed by atoms with Gasteiger partial charge in [-0.3, -0.25) is 9.36 Å². The molecule has 21 heavy (non-hydrogen) atoms. The molecule has 2 rings (SSSR count). The zero-order valence-corrected chi connectivity index (χ0v) is 13.5. The van der Waals surface area contributed by atoms with Gasteiger partial charge in [0.2, 0.25) is 5.95 Å². The highest BCUT2D eigenvalue weighted by molar-refractivity contribution is 7.99. The molecule has 0 saturated heterocycles. The van der Waals surface area contributed by atoms with Crippen molar-refractivity contribution < 1.29 is 9.90 Å². The van der Waals surface area contributed by atoms with Gasteiger partial charge < -0.3 is 10.8 Å². The molecule has 118 valence electrons. The smallest absolute Gasteiger partial charge is 0.313 e. The molecule has 1 aromatic heterocycles. The van der Waals surface area contributed by atoms with Gasteiger partial charge in [0.05, 0.1) is 5.75 Å². The average Bonchev–Trinajstić information content (AvgIpc) is 2.96. The van der Waals surface area contributed by atoms with E-state index in [-0.39, 0.29) is 11.2 Å². The number of aliphatic carboxylic acids is 1. The maximum absolute atomic E-state index is 10.7. The molecule has 1 aliphatic carbocycles. The van der Waals surface area contributed by atoms with Crippen molar-refractivity contribution in [2.45, 2.75) is 57.7 Å². The minimum atomic E-state index is -0.856. The lowest BCUT2D eigenvalue weighted by Crippen LogP contribution is -2.26. The van der Waals surface area contributed by atoms with E-state index >= 15 is 0 Å². The number of nitrogens with two attached hydrogens (primary N) is 1. The molecule has 1 aromatic rings. The van der Waals surface area contributed by atoms with Crippen molar-refractivity contribution in [2.24, 2.45) is 11.3 Å². The van der Waals surface area contributed by atoms with E-state index < -0.39 is 5.97 Å². The Morgan fingerprint density at radius 2 is 2.10 bits per heavy atom. The van der Waals surface area contributed by atoms with E-state index in [1.54, 1.807) is 0 Å². The van der Waals surface area contributed by atoms with Crippen molar-refractivity contribution in [3.8, 4) is 0 Å². The number of carbonyl (C=O) groups is 1. The van der Waals surface area contributed by atoms with Gasteiger partial charge in [0.15, 0.2) is 5.16 Å². The van der Waals surface area contributed by atoms with Gasteiger partial charge in [0.1, 0.15) is 0 Å². The molecule has 0 aromatic carbocycles. The number of anilines is 1. The molecule has 0 unspecified atom stereocenters. The largest absolute Gasteiger partial charge is 0.481 e. The monoisotopic (exact) mass is 312 g/mol. The fourth-order valence-electron chi connectivity index (χ4n) is 3.43. The first-order chi connectivity index (χ1) is 9.92. The Labute approximate surface area is 129 Å². The first-order valence-electron chi connectivity index (χ1n) is 7.45. The van der Waals surface area contributed by atoms with E-state index in [0.717, 1.165) is 13.0 Å². The van der Waals surface area contributed by atoms with Crippen LogP contribution in [0.25, 0.3) is 0 Å². The molecule has 0 atom stereocenters. The van der Waals surface area contributed by atoms with E-state index in [9.17, 15) is 4.79 Å². The SMILES string of the molecule is CC(C)CC1(Cn2c(N)nnc2SCC(=O)O)CCCC1. The van der Waals surface area contributed by atoms with Crippen LogP contribution < -0.4 is 5.73 Å². The lowest BCUT2D eigenvalue weighted by atomic mass is 9.78. The van der Waals surface area contributed by atoms with E-state index in [1.165, 1.54) is 37.4 Å². The van der Waals surface area contributed by atoms with Gasteiger partial charge in [-0.2, -0.15) is 0 Å². The third-order valence-electron chi connectivity index (χ3n) is 4.07. The predicted octanol–water partition coefficient (Wildman–Crippen LogP) is 2.64. The second kappa shape index (κ2) is 6.68. The van der Waals surface area contributed by atoms with Gasteiger partial charge in [-0.1, -0.05) is 38.5 Å². The van der Waals surface area contributed by atoms with Crippen molar-refractivity contribution in [1.82, 2.24) is 14.8 Å². The minimum absolute atomic E-state index is 0.0185. The number of rotatable bonds is 7. The normalized spacial score (nSPS) is 17.5. The van der Waals surface area contributed by atoms with Crippen LogP contribution >= 0.6 is 11.8 Å². The van der Waals surface area contributed by atoms with Crippen LogP contribution in [0, 0.1) is 11.3 Å². The lowest BCUT2D eigenvalue weighted by molar-refractivity contribution is -0.133. The summed E-state index contributed by atoms with van der Waals surface area (Å²) in [4.78, 5) is 10.7. The highest BCUT2D eigenvalue weighted by Crippen LogP contribution is 2.45. The van der Waals surface area contributed by atoms with E-state index in [0.29, 0.717) is 17.0 Å². The predicted molar refractivity (Wildman–Crippen MR) is 83.2 cm³/mol. The molecular weight excluding hydrogens is 288 g/mol. The second-order valence-corrected chi connectivity index (χ2v) is 7.36. The summed E-state index contributed by atoms with van der Waals surface area (Å²) in [5, 5.41) is 17.4. The zero-order valence-electron chi connectivity index (χ0n) is 12.7. The topological polar surface area (TPSA) is 94.0 Å². The number of nitrogen functional groups attached to an aromatic ring is 1. The summed E-state index contributed by atoms with van der Waals surface area (Å²) in [6, 6.07) is 0. The summed E-state index contributed by atoms with van der Waals surface area (Å²) >= 11 is 1.19. The first-order valence-corrected chi connectivity index (χ1v) is 8.44. The third-order valence-corrected chi connectivity index (χ3v) is 5.02. The van der Waals surface area contributed by atoms with Crippen LogP contribution in [-0.4, -0.2) is 31.6 Å². The van der Waals surface area contributed by atoms with Crippen LogP contribution in [0.15, 0.2) is 5.16 Å². The Hall–Kier alpha value is -1.24. The van der Waals surface area contributed by atoms with Crippen LogP contribution in [0.5, 0.6) is 0 Å². The maximum Gasteiger partial charge on any atom is 0.313 e. The van der Waals surface area contributed by atoms with Crippen LogP contribution in [0.2, 0.25) is 0 Å². The molecule has 6 nitrogen and oxygen atoms in total. The Balaban J connectivity index is 2.16. The second-order valence-electron chi connectivity index (χ2n) is 6.41. The molecule has 1 saturated carbocycles. The van der Waals surface area contributed by atoms with Gasteiger partial charge >= 0.3 is 5.97 Å². The van der Waals surface area contributed by atoms with Gasteiger partial charge in [-0.05, 0) is 30.6 Å². The van der Waals surface area contributed by atoms with Crippen molar-refractivity contribution in [2.75, 3.05) is 11.5 Å². The number of nitrogens with zero attached hydrogens (tertiary/aromatic N) is 3. The quantitative estimate of drug-likeness (QED) is 0.752. The fraction of sp³-hybridized carbons (Fsp3) is 0.786. The van der Waals surface area contributed by atoms with Crippen molar-refractivity contribution in [3.63, 3.8) is 0 Å². The van der Waals surface area contributed by atoms with Crippen molar-refractivity contribution >= 4 is 23.7 Å². The van der Waals surface area contributed by atoms with Crippen LogP contribution in [-0.2, 0) is 11.3 Å². The molecule has 0 spiro atoms. The molecule has 1 heterocycles. The number of carboxylic acids is 1. The molecule has 7 heteroatoms. The number of aromatic nitrogens is 3. The Morgan fingerprint density at radius 1 is 1.43 bits per heavy atom. The molecule has 0 aliphatic heterocycles. The van der Waals surface area contributed by atoms with Crippen LogP contribution in [0.1, 0.15) is 46.0 Å². The van der Waals surface area contributed by atoms with Gasteiger partial charge in [0.25, 0.3) is 0 Å². The standard InChI is InChI=1S/C14H24N4O2S/c1-10(2)7-14(5-3-4-6-14)9-18-12(15)16-17-13(18)21-8-11(19)20/h10H,3-9H2,1-2H3,(H2,15,16)(H,19,20). The summed E-state index contributed by atoms with van der Waals surface area (Å²) in [7, 11) is 0. The van der Waals surface area contributed by atoms with Crippen LogP contribution in [0.4, 0.5) is 5.95 Å². The number of thioether (sulfide) groups is 1. The Morgan fingerprint density at radius 3 is 2.67 bits per heavy atom. The molecule has 1 aliphatic rings. The number of hydrogen-bond acceptors (Lipinski definition) is 5. The van der Waals surface area contributed by atoms with Crippen LogP contribution in [0.3, 0.4) is 0 Å². The number of carboxylic acid groups (broad SMARTS) is 1. The lowest BCUT2D eigenvalue weighted by Gasteiger charge is -2.31. The molecule has 0 amide bonds. The summed E-state index contributed by atoms with van der Waals surface area (Å²) in [5.74, 6) is 0.148. The summed E-state index contributed by atoms with van der Waals surface area (Å²) < 4.78 is 1.90. The Kier molecular flexibility index (Phi) is 5.13. The fourth-order valence-corrected chi connectivity index (χ4v) is 4.10. The van der Waals surface area contributed by atoms with Gasteiger partial charge in [-0.15, -0.1) is 10.2 Å². The summed E-state index contributed by atoms with van der Waals surface area (Å²) in [5.41, 5.74) is 6.20. The molecule has 3 N–H and O–H groups in total. The van der Waals surface area contributed by atoms with Gasteiger partial charge in [0, 0.05) is 6.54 Å². The van der Waals surface area contributed by atoms with E-state index in [1.807, 2.05) is 4.57 Å². The van der Waals surface area contributed by atoms with Crippen molar-refractivity contribution in [1.29, 1.82) is 0 Å². The average molecular weight is 312 g/mol. The number of hydrogen-bond donors (Lipinski definition) is 2. The summed E-state index contributed by atoms with van der Waals surface area (Å²) in [6.45, 7) is 5.29. The zero-order chi connectivity index (χ0) is 15.5. The molecule has 0 radical (unpaired) electrons. The first kappa shape index (κ1) is 16.1. The highest BCUT2D eigenvalue weighted by atomic mass is 32.2. The molecule has 0 bridgehead atoms. The molecule has 1 fully saturated rings. The summed E-state index contributed by atoms with van der Waals surface area (Å²) in [6.07, 6.45) is 6.07. The van der Waals surface area contributed by atoms with Crippen molar-refractivity contribution in [3.05, 3.63) is 0 Å². The third kappa shape index (κ3) is 4.12. The van der Waals surface area contributed by atoms with E-state index in [4.69, 9.17) is 10.8 Å². The maximum atomic E-state index is 10.7. The Bertz CT molecular complexity index is 495. The highest BCUT2D eigenvalue weighted by Gasteiger charge is 2.36. The molecular formula is C14H24N4O2S. The van der Waals surface area contributed by atoms with Gasteiger partial charge in [-0.25, -0.2) is 0 Å².